The second kappa shape index (κ2) is 13.8. The number of aldehydes is 1. The van der Waals surface area contributed by atoms with Gasteiger partial charge in [-0.1, -0.05) is 6.42 Å². The van der Waals surface area contributed by atoms with Crippen molar-refractivity contribution in [3.63, 3.8) is 0 Å². The third-order valence-corrected chi connectivity index (χ3v) is 7.33. The monoisotopic (exact) mass is 647 g/mol. The average Bonchev–Trinajstić information content (AvgIpc) is 3.33. The second-order valence-electron chi connectivity index (χ2n) is 11.0. The summed E-state index contributed by atoms with van der Waals surface area (Å²) >= 11 is 0. The molecule has 2 amide bonds. The zero-order chi connectivity index (χ0) is 32.8. The van der Waals surface area contributed by atoms with Crippen molar-refractivity contribution in [1.82, 2.24) is 35.5 Å². The molecule has 246 valence electrons. The Hall–Kier alpha value is -4.25. The molecule has 0 spiro atoms. The third-order valence-electron chi connectivity index (χ3n) is 7.33. The van der Waals surface area contributed by atoms with Crippen molar-refractivity contribution in [3.05, 3.63) is 35.4 Å². The first kappa shape index (κ1) is 33.6. The zero-order valence-corrected chi connectivity index (χ0v) is 24.1. The number of imidazole rings is 1. The molecule has 1 aliphatic heterocycles. The highest BCUT2D eigenvalue weighted by Gasteiger charge is 2.47. The molecule has 2 aliphatic carbocycles. The van der Waals surface area contributed by atoms with Crippen molar-refractivity contribution >= 4 is 23.7 Å². The molecule has 6 rings (SSSR count). The van der Waals surface area contributed by atoms with Crippen LogP contribution in [0.15, 0.2) is 23.1 Å². The molecule has 45 heavy (non-hydrogen) atoms. The third kappa shape index (κ3) is 9.37. The number of amides is 2. The number of fused-ring (bicyclic) bond motifs is 1. The fraction of sp³-hybridized carbons (Fsp3) is 0.593. The molecule has 2 atom stereocenters. The van der Waals surface area contributed by atoms with Gasteiger partial charge in [-0.15, -0.1) is 0 Å². The van der Waals surface area contributed by atoms with Crippen LogP contribution in [0.4, 0.5) is 26.3 Å². The van der Waals surface area contributed by atoms with Crippen LogP contribution in [0, 0.1) is 5.92 Å². The van der Waals surface area contributed by atoms with Crippen LogP contribution in [0.2, 0.25) is 0 Å². The van der Waals surface area contributed by atoms with Gasteiger partial charge >= 0.3 is 6.18 Å². The Morgan fingerprint density at radius 2 is 1.89 bits per heavy atom. The Morgan fingerprint density at radius 1 is 1.18 bits per heavy atom. The maximum absolute atomic E-state index is 12.8. The predicted molar refractivity (Wildman–Crippen MR) is 142 cm³/mol. The van der Waals surface area contributed by atoms with Crippen LogP contribution in [0.25, 0.3) is 5.65 Å². The van der Waals surface area contributed by atoms with Gasteiger partial charge in [0.05, 0.1) is 31.7 Å². The van der Waals surface area contributed by atoms with E-state index in [0.29, 0.717) is 48.9 Å². The molecule has 1 unspecified atom stereocenters. The Balaban J connectivity index is 0.000000269. The Kier molecular flexibility index (Phi) is 10.3. The molecule has 18 heteroatoms. The summed E-state index contributed by atoms with van der Waals surface area (Å²) in [5, 5.41) is 15.6. The fourth-order valence-corrected chi connectivity index (χ4v) is 4.59. The maximum Gasteiger partial charge on any atom is 0.408 e. The van der Waals surface area contributed by atoms with Gasteiger partial charge in [-0.3, -0.25) is 14.4 Å². The molecule has 3 fully saturated rings. The number of hydrogen-bond acceptors (Lipinski definition) is 9. The minimum absolute atomic E-state index is 0.0475. The number of hydrogen-bond donors (Lipinski definition) is 2. The lowest BCUT2D eigenvalue weighted by atomic mass is 9.97. The molecule has 12 nitrogen and oxygen atoms in total. The first-order valence-electron chi connectivity index (χ1n) is 14.1. The van der Waals surface area contributed by atoms with Gasteiger partial charge in [0, 0.05) is 18.8 Å². The lowest BCUT2D eigenvalue weighted by molar-refractivity contribution is -0.154. The molecule has 3 aromatic rings. The van der Waals surface area contributed by atoms with Gasteiger partial charge in [0.1, 0.15) is 6.04 Å². The molecule has 2 N–H and O–H groups in total. The largest absolute Gasteiger partial charge is 0.477 e. The van der Waals surface area contributed by atoms with E-state index in [1.807, 2.05) is 5.32 Å². The molecule has 3 aromatic heterocycles. The number of ether oxygens (including phenoxy) is 1. The van der Waals surface area contributed by atoms with E-state index in [-0.39, 0.29) is 43.8 Å². The molecule has 0 bridgehead atoms. The van der Waals surface area contributed by atoms with Crippen LogP contribution in [0.3, 0.4) is 0 Å². The average molecular weight is 648 g/mol. The van der Waals surface area contributed by atoms with E-state index in [0.717, 1.165) is 6.42 Å². The van der Waals surface area contributed by atoms with Gasteiger partial charge in [0.25, 0.3) is 11.8 Å². The predicted octanol–water partition coefficient (Wildman–Crippen LogP) is 3.93. The normalized spacial score (nSPS) is 21.4. The summed E-state index contributed by atoms with van der Waals surface area (Å²) in [6.45, 7) is 0.0475. The molecular formula is C27H31F6N7O5. The molecular weight excluding hydrogens is 616 g/mol. The molecule has 2 saturated carbocycles. The summed E-state index contributed by atoms with van der Waals surface area (Å²) in [4.78, 5) is 37.9. The summed E-state index contributed by atoms with van der Waals surface area (Å²) in [5.41, 5.74) is -0.0221. The highest BCUT2D eigenvalue weighted by molar-refractivity contribution is 5.94. The molecule has 0 radical (unpaired) electrons. The number of nitrogens with one attached hydrogen (secondary N) is 2. The number of nitrogens with zero attached hydrogens (tertiary/aromatic N) is 5. The van der Waals surface area contributed by atoms with E-state index < -0.39 is 41.5 Å². The van der Waals surface area contributed by atoms with Crippen molar-refractivity contribution in [2.24, 2.45) is 5.92 Å². The Morgan fingerprint density at radius 3 is 2.42 bits per heavy atom. The zero-order valence-electron chi connectivity index (χ0n) is 24.1. The number of alkyl halides is 6. The summed E-state index contributed by atoms with van der Waals surface area (Å²) in [6.07, 6.45) is 2.30. The van der Waals surface area contributed by atoms with Crippen molar-refractivity contribution in [3.8, 4) is 5.88 Å². The van der Waals surface area contributed by atoms with Gasteiger partial charge in [-0.2, -0.15) is 18.3 Å². The fourth-order valence-electron chi connectivity index (χ4n) is 4.59. The van der Waals surface area contributed by atoms with Crippen molar-refractivity contribution in [2.45, 2.75) is 88.1 Å². The lowest BCUT2D eigenvalue weighted by Crippen LogP contribution is -2.38. The van der Waals surface area contributed by atoms with Gasteiger partial charge in [0.2, 0.25) is 17.5 Å². The minimum Gasteiger partial charge on any atom is -0.477 e. The van der Waals surface area contributed by atoms with E-state index in [1.54, 1.807) is 12.3 Å². The van der Waals surface area contributed by atoms with Crippen LogP contribution < -0.4 is 15.4 Å². The Labute approximate surface area is 252 Å². The number of aromatic nitrogens is 5. The summed E-state index contributed by atoms with van der Waals surface area (Å²) < 4.78 is 85.5. The van der Waals surface area contributed by atoms with Crippen LogP contribution in [0.5, 0.6) is 5.88 Å². The number of rotatable bonds is 7. The van der Waals surface area contributed by atoms with E-state index in [9.17, 15) is 40.7 Å². The van der Waals surface area contributed by atoms with Gasteiger partial charge in [-0.25, -0.2) is 27.3 Å². The first-order chi connectivity index (χ1) is 21.2. The first-order valence-corrected chi connectivity index (χ1v) is 14.1. The lowest BCUT2D eigenvalue weighted by Gasteiger charge is -2.20. The summed E-state index contributed by atoms with van der Waals surface area (Å²) in [5.74, 6) is -4.38. The van der Waals surface area contributed by atoms with Crippen molar-refractivity contribution in [1.29, 1.82) is 0 Å². The summed E-state index contributed by atoms with van der Waals surface area (Å²) in [7, 11) is 1.32. The number of halogens is 6. The Bertz CT molecular complexity index is 1480. The molecule has 0 aromatic carbocycles. The van der Waals surface area contributed by atoms with Crippen LogP contribution in [-0.2, 0) is 22.6 Å². The topological polar surface area (TPSA) is 154 Å². The minimum atomic E-state index is -4.47. The van der Waals surface area contributed by atoms with Gasteiger partial charge < -0.3 is 15.4 Å². The van der Waals surface area contributed by atoms with Crippen LogP contribution in [0.1, 0.15) is 73.1 Å². The molecule has 4 heterocycles. The van der Waals surface area contributed by atoms with Gasteiger partial charge in [0.15, 0.2) is 17.6 Å². The molecule has 3 aliphatic rings. The standard InChI is InChI=1S/C17H16F3N7O4.C6H10F2.C4H5FO/c1-30-16-13(25-31-26-16)15(29)21-6-10-7-27-12(23-10)3-8(5-22-27)2-9-4-11(17(18,19)20)24-14(9)28;7-6(8)4-2-1-3-5-6;5-4(3-6)1-2-4/h3,5,7,9,11H,2,4,6H2,1H3,(H,21,29)(H,24,28);1-5H2;3H,1-2H2/t9-,11?;;/m0../s1. The van der Waals surface area contributed by atoms with Crippen LogP contribution in [-0.4, -0.2) is 73.9 Å². The summed E-state index contributed by atoms with van der Waals surface area (Å²) in [6, 6.07) is -0.196. The second-order valence-corrected chi connectivity index (χ2v) is 11.0. The molecule has 1 saturated heterocycles. The van der Waals surface area contributed by atoms with Crippen LogP contribution >= 0.6 is 0 Å². The van der Waals surface area contributed by atoms with E-state index >= 15 is 0 Å². The maximum atomic E-state index is 12.8. The van der Waals surface area contributed by atoms with E-state index in [1.165, 1.54) is 17.8 Å². The van der Waals surface area contributed by atoms with Crippen molar-refractivity contribution < 1.29 is 50.1 Å². The quantitative estimate of drug-likeness (QED) is 0.287. The van der Waals surface area contributed by atoms with Crippen molar-refractivity contribution in [2.75, 3.05) is 7.11 Å². The smallest absolute Gasteiger partial charge is 0.408 e. The number of methoxy groups -OCH3 is 1. The highest BCUT2D eigenvalue weighted by atomic mass is 19.4. The van der Waals surface area contributed by atoms with E-state index in [2.05, 4.69) is 30.3 Å². The number of carbonyl (C=O) groups is 3. The van der Waals surface area contributed by atoms with E-state index in [4.69, 9.17) is 4.74 Å². The highest BCUT2D eigenvalue weighted by Crippen LogP contribution is 2.37. The SMILES string of the molecule is COc1nonc1C(=O)NCc1cn2ncc(C[C@H]3CC(C(F)(F)F)NC3=O)cc2n1.FC1(F)CCCCC1.O=CC1(F)CC1. The van der Waals surface area contributed by atoms with Gasteiger partial charge in [-0.05, 0) is 60.5 Å². The number of carbonyl (C=O) groups excluding carboxylic acids is 3.